The Labute approximate surface area is 117 Å². The molecule has 0 aromatic heterocycles. The van der Waals surface area contributed by atoms with Crippen LogP contribution in [0.2, 0.25) is 0 Å². The number of rotatable bonds is 1. The van der Waals surface area contributed by atoms with Gasteiger partial charge in [0.2, 0.25) is 0 Å². The third-order valence-electron chi connectivity index (χ3n) is 2.56. The van der Waals surface area contributed by atoms with Crippen LogP contribution in [0.15, 0.2) is 36.6 Å². The first-order chi connectivity index (χ1) is 9.37. The molecule has 0 saturated heterocycles. The van der Waals surface area contributed by atoms with Gasteiger partial charge in [0.1, 0.15) is 18.4 Å². The minimum atomic E-state index is -0.625. The summed E-state index contributed by atoms with van der Waals surface area (Å²) in [6.45, 7) is 5.17. The zero-order valence-electron chi connectivity index (χ0n) is 11.8. The third-order valence-corrected chi connectivity index (χ3v) is 2.56. The summed E-state index contributed by atoms with van der Waals surface area (Å²) in [6.07, 6.45) is 0.717. The van der Waals surface area contributed by atoms with E-state index in [1.165, 1.54) is 11.2 Å². The largest absolute Gasteiger partial charge is 0.443 e. The maximum absolute atomic E-state index is 12.2. The molecule has 2 rings (SSSR count). The monoisotopic (exact) mass is 275 g/mol. The van der Waals surface area contributed by atoms with Gasteiger partial charge in [0.25, 0.3) is 0 Å². The van der Waals surface area contributed by atoms with Crippen LogP contribution in [-0.4, -0.2) is 29.1 Å². The van der Waals surface area contributed by atoms with E-state index in [2.05, 4.69) is 0 Å². The Morgan fingerprint density at radius 2 is 1.90 bits per heavy atom. The summed E-state index contributed by atoms with van der Waals surface area (Å²) in [5, 5.41) is 0. The average Bonchev–Trinajstić information content (AvgIpc) is 2.37. The molecule has 1 aromatic rings. The Morgan fingerprint density at radius 1 is 1.25 bits per heavy atom. The van der Waals surface area contributed by atoms with Crippen LogP contribution in [0.3, 0.4) is 0 Å². The Bertz CT molecular complexity index is 543. The molecule has 0 unspecified atom stereocenters. The van der Waals surface area contributed by atoms with Crippen molar-refractivity contribution in [3.8, 4) is 0 Å². The fourth-order valence-electron chi connectivity index (χ4n) is 1.75. The molecule has 20 heavy (non-hydrogen) atoms. The van der Waals surface area contributed by atoms with Crippen molar-refractivity contribution >= 4 is 17.8 Å². The number of hydrogen-bond donors (Lipinski definition) is 0. The molecule has 1 aliphatic rings. The molecule has 0 N–H and O–H groups in total. The topological polar surface area (TPSA) is 55.8 Å². The first kappa shape index (κ1) is 14.1. The molecule has 1 heterocycles. The van der Waals surface area contributed by atoms with E-state index < -0.39 is 17.7 Å². The van der Waals surface area contributed by atoms with Gasteiger partial charge in [-0.1, -0.05) is 30.3 Å². The lowest BCUT2D eigenvalue weighted by Crippen LogP contribution is -2.41. The van der Waals surface area contributed by atoms with Gasteiger partial charge in [0, 0.05) is 5.56 Å². The number of esters is 1. The Kier molecular flexibility index (Phi) is 3.79. The van der Waals surface area contributed by atoms with Crippen LogP contribution in [0.5, 0.6) is 0 Å². The summed E-state index contributed by atoms with van der Waals surface area (Å²) < 4.78 is 10.2. The van der Waals surface area contributed by atoms with Gasteiger partial charge < -0.3 is 9.47 Å². The second kappa shape index (κ2) is 5.36. The van der Waals surface area contributed by atoms with Gasteiger partial charge in [-0.25, -0.2) is 9.59 Å². The first-order valence-electron chi connectivity index (χ1n) is 6.32. The van der Waals surface area contributed by atoms with Crippen molar-refractivity contribution in [1.82, 2.24) is 4.90 Å². The van der Waals surface area contributed by atoms with Crippen molar-refractivity contribution < 1.29 is 19.1 Å². The number of benzene rings is 1. The van der Waals surface area contributed by atoms with E-state index in [1.54, 1.807) is 20.8 Å². The fraction of sp³-hybridized carbons (Fsp3) is 0.333. The van der Waals surface area contributed by atoms with Gasteiger partial charge in [-0.2, -0.15) is 0 Å². The van der Waals surface area contributed by atoms with Crippen LogP contribution in [0.1, 0.15) is 26.3 Å². The number of amides is 1. The summed E-state index contributed by atoms with van der Waals surface area (Å²) >= 11 is 0. The maximum Gasteiger partial charge on any atom is 0.415 e. The summed E-state index contributed by atoms with van der Waals surface area (Å²) in [4.78, 5) is 24.9. The van der Waals surface area contributed by atoms with Gasteiger partial charge in [-0.05, 0) is 20.8 Å². The molecule has 1 amide bonds. The Morgan fingerprint density at radius 3 is 2.50 bits per heavy atom. The van der Waals surface area contributed by atoms with Crippen LogP contribution >= 0.6 is 0 Å². The van der Waals surface area contributed by atoms with E-state index in [9.17, 15) is 9.59 Å². The normalized spacial score (nSPS) is 15.4. The molecular weight excluding hydrogens is 258 g/mol. The fourth-order valence-corrected chi connectivity index (χ4v) is 1.75. The second-order valence-corrected chi connectivity index (χ2v) is 5.43. The van der Waals surface area contributed by atoms with Gasteiger partial charge in [0.15, 0.2) is 0 Å². The first-order valence-corrected chi connectivity index (χ1v) is 6.32. The van der Waals surface area contributed by atoms with Crippen LogP contribution in [0.4, 0.5) is 4.79 Å². The molecule has 0 atom stereocenters. The van der Waals surface area contributed by atoms with Crippen molar-refractivity contribution in [2.24, 2.45) is 0 Å². The lowest BCUT2D eigenvalue weighted by Gasteiger charge is -2.30. The lowest BCUT2D eigenvalue weighted by atomic mass is 10.1. The lowest BCUT2D eigenvalue weighted by molar-refractivity contribution is -0.139. The number of nitrogens with zero attached hydrogens (tertiary/aromatic N) is 1. The Hall–Kier alpha value is -2.30. The highest BCUT2D eigenvalue weighted by Crippen LogP contribution is 2.24. The van der Waals surface area contributed by atoms with Gasteiger partial charge in [-0.3, -0.25) is 4.90 Å². The number of ether oxygens (including phenoxy) is 2. The molecule has 1 aromatic carbocycles. The summed E-state index contributed by atoms with van der Waals surface area (Å²) in [7, 11) is 0. The van der Waals surface area contributed by atoms with Crippen molar-refractivity contribution in [1.29, 1.82) is 0 Å². The predicted molar refractivity (Wildman–Crippen MR) is 73.5 cm³/mol. The quantitative estimate of drug-likeness (QED) is 0.739. The van der Waals surface area contributed by atoms with E-state index in [0.29, 0.717) is 5.70 Å². The highest BCUT2D eigenvalue weighted by molar-refractivity contribution is 5.89. The van der Waals surface area contributed by atoms with Crippen molar-refractivity contribution in [2.75, 3.05) is 6.54 Å². The van der Waals surface area contributed by atoms with Crippen LogP contribution in [0, 0.1) is 0 Å². The van der Waals surface area contributed by atoms with Crippen LogP contribution in [-0.2, 0) is 14.3 Å². The van der Waals surface area contributed by atoms with E-state index in [0.717, 1.165) is 5.56 Å². The minimum Gasteiger partial charge on any atom is -0.443 e. The van der Waals surface area contributed by atoms with Crippen molar-refractivity contribution in [3.63, 3.8) is 0 Å². The van der Waals surface area contributed by atoms with E-state index in [4.69, 9.17) is 9.47 Å². The average molecular weight is 275 g/mol. The summed E-state index contributed by atoms with van der Waals surface area (Å²) in [5.74, 6) is -0.490. The summed E-state index contributed by atoms with van der Waals surface area (Å²) in [5.41, 5.74) is 0.672. The van der Waals surface area contributed by atoms with Crippen molar-refractivity contribution in [2.45, 2.75) is 26.4 Å². The highest BCUT2D eigenvalue weighted by atomic mass is 16.6. The number of cyclic esters (lactones) is 1. The van der Waals surface area contributed by atoms with Gasteiger partial charge >= 0.3 is 12.1 Å². The molecule has 0 aliphatic carbocycles. The molecule has 5 nitrogen and oxygen atoms in total. The SMILES string of the molecule is CC(C)(C)OC(=O)N1CC(=O)OC=C1c1ccccc1. The molecule has 0 radical (unpaired) electrons. The third kappa shape index (κ3) is 3.38. The smallest absolute Gasteiger partial charge is 0.415 e. The molecule has 0 bridgehead atoms. The van der Waals surface area contributed by atoms with E-state index in [1.807, 2.05) is 30.3 Å². The molecule has 0 fully saturated rings. The van der Waals surface area contributed by atoms with Crippen LogP contribution < -0.4 is 0 Å². The number of carbonyl (C=O) groups is 2. The Balaban J connectivity index is 2.29. The minimum absolute atomic E-state index is 0.157. The molecule has 0 spiro atoms. The van der Waals surface area contributed by atoms with E-state index >= 15 is 0 Å². The number of hydrogen-bond acceptors (Lipinski definition) is 4. The molecule has 1 aliphatic heterocycles. The number of carbonyl (C=O) groups excluding carboxylic acids is 2. The zero-order chi connectivity index (χ0) is 14.8. The predicted octanol–water partition coefficient (Wildman–Crippen LogP) is 2.78. The molecular formula is C15H17NO4. The van der Waals surface area contributed by atoms with Crippen LogP contribution in [0.25, 0.3) is 5.70 Å². The summed E-state index contributed by atoms with van der Waals surface area (Å²) in [6, 6.07) is 9.24. The second-order valence-electron chi connectivity index (χ2n) is 5.43. The molecule has 5 heteroatoms. The highest BCUT2D eigenvalue weighted by Gasteiger charge is 2.30. The van der Waals surface area contributed by atoms with Crippen molar-refractivity contribution in [3.05, 3.63) is 42.2 Å². The molecule has 0 saturated carbocycles. The van der Waals surface area contributed by atoms with Gasteiger partial charge in [-0.15, -0.1) is 0 Å². The zero-order valence-corrected chi connectivity index (χ0v) is 11.8. The van der Waals surface area contributed by atoms with E-state index in [-0.39, 0.29) is 6.54 Å². The maximum atomic E-state index is 12.2. The molecule has 106 valence electrons. The standard InChI is InChI=1S/C15H17NO4/c1-15(2,3)20-14(18)16-9-13(17)19-10-12(16)11-7-5-4-6-8-11/h4-8,10H,9H2,1-3H3. The van der Waals surface area contributed by atoms with Gasteiger partial charge in [0.05, 0.1) is 5.70 Å².